The van der Waals surface area contributed by atoms with Gasteiger partial charge in [0.2, 0.25) is 15.9 Å². The van der Waals surface area contributed by atoms with Crippen LogP contribution in [0, 0.1) is 0 Å². The zero-order chi connectivity index (χ0) is 18.0. The molecule has 2 fully saturated rings. The maximum atomic E-state index is 12.6. The van der Waals surface area contributed by atoms with Gasteiger partial charge in [0.1, 0.15) is 0 Å². The van der Waals surface area contributed by atoms with Crippen LogP contribution in [-0.4, -0.2) is 44.3 Å². The molecule has 25 heavy (non-hydrogen) atoms. The van der Waals surface area contributed by atoms with E-state index in [2.05, 4.69) is 4.72 Å². The molecule has 1 aromatic carbocycles. The molecular formula is C17H20F2N2O3S. The summed E-state index contributed by atoms with van der Waals surface area (Å²) in [7, 11) is -3.51. The van der Waals surface area contributed by atoms with Crippen LogP contribution in [0.2, 0.25) is 0 Å². The monoisotopic (exact) mass is 370 g/mol. The fourth-order valence-corrected chi connectivity index (χ4v) is 3.77. The molecule has 0 aromatic heterocycles. The van der Waals surface area contributed by atoms with E-state index < -0.39 is 28.9 Å². The first-order valence-corrected chi connectivity index (χ1v) is 9.73. The third-order valence-electron chi connectivity index (χ3n) is 4.11. The van der Waals surface area contributed by atoms with Gasteiger partial charge in [-0.1, -0.05) is 12.1 Å². The summed E-state index contributed by atoms with van der Waals surface area (Å²) in [4.78, 5) is 13.4. The van der Waals surface area contributed by atoms with Crippen LogP contribution < -0.4 is 4.72 Å². The highest BCUT2D eigenvalue weighted by molar-refractivity contribution is 7.89. The second kappa shape index (κ2) is 7.21. The van der Waals surface area contributed by atoms with Crippen LogP contribution in [0.15, 0.2) is 35.2 Å². The molecule has 1 aromatic rings. The Hall–Kier alpha value is -1.80. The second-order valence-electron chi connectivity index (χ2n) is 6.41. The number of rotatable bonds is 8. The number of amides is 1. The Balaban J connectivity index is 1.63. The molecule has 0 saturated heterocycles. The molecule has 5 nitrogen and oxygen atoms in total. The molecule has 2 aliphatic carbocycles. The van der Waals surface area contributed by atoms with Gasteiger partial charge in [0.25, 0.3) is 6.43 Å². The van der Waals surface area contributed by atoms with Crippen LogP contribution in [0.3, 0.4) is 0 Å². The summed E-state index contributed by atoms with van der Waals surface area (Å²) in [6.07, 6.45) is 3.44. The second-order valence-corrected chi connectivity index (χ2v) is 8.12. The number of alkyl halides is 2. The predicted octanol–water partition coefficient (Wildman–Crippen LogP) is 2.40. The number of benzene rings is 1. The Morgan fingerprint density at radius 1 is 1.20 bits per heavy atom. The highest BCUT2D eigenvalue weighted by atomic mass is 32.2. The van der Waals surface area contributed by atoms with E-state index >= 15 is 0 Å². The molecule has 0 unspecified atom stereocenters. The van der Waals surface area contributed by atoms with Gasteiger partial charge >= 0.3 is 0 Å². The van der Waals surface area contributed by atoms with E-state index in [1.165, 1.54) is 29.2 Å². The smallest absolute Gasteiger partial charge is 0.255 e. The van der Waals surface area contributed by atoms with E-state index in [0.29, 0.717) is 5.56 Å². The minimum atomic E-state index is -3.51. The number of nitrogens with zero attached hydrogens (tertiary/aromatic N) is 1. The third-order valence-corrected chi connectivity index (χ3v) is 5.65. The maximum Gasteiger partial charge on any atom is 0.255 e. The normalized spacial score (nSPS) is 18.0. The minimum absolute atomic E-state index is 0.0328. The SMILES string of the molecule is O=C(/C=C/c1ccc(S(=O)(=O)NC2CC2)cc1)N(CC(F)F)C1CC1. The summed E-state index contributed by atoms with van der Waals surface area (Å²) in [6, 6.07) is 6.04. The van der Waals surface area contributed by atoms with Crippen molar-refractivity contribution in [3.8, 4) is 0 Å². The van der Waals surface area contributed by atoms with Gasteiger partial charge in [-0.25, -0.2) is 21.9 Å². The molecule has 1 amide bonds. The molecule has 0 aliphatic heterocycles. The Kier molecular flexibility index (Phi) is 5.19. The average molecular weight is 370 g/mol. The fraction of sp³-hybridized carbons (Fsp3) is 0.471. The Morgan fingerprint density at radius 2 is 1.84 bits per heavy atom. The Morgan fingerprint density at radius 3 is 2.36 bits per heavy atom. The van der Waals surface area contributed by atoms with Crippen molar-refractivity contribution < 1.29 is 22.0 Å². The molecular weight excluding hydrogens is 350 g/mol. The van der Waals surface area contributed by atoms with Gasteiger partial charge in [-0.3, -0.25) is 4.79 Å². The number of hydrogen-bond donors (Lipinski definition) is 1. The lowest BCUT2D eigenvalue weighted by molar-refractivity contribution is -0.128. The van der Waals surface area contributed by atoms with Crippen molar-refractivity contribution in [3.05, 3.63) is 35.9 Å². The Labute approximate surface area is 145 Å². The lowest BCUT2D eigenvalue weighted by Gasteiger charge is -2.20. The highest BCUT2D eigenvalue weighted by Crippen LogP contribution is 2.28. The summed E-state index contributed by atoms with van der Waals surface area (Å²) in [5.41, 5.74) is 0.631. The largest absolute Gasteiger partial charge is 0.330 e. The molecule has 2 aliphatic rings. The molecule has 2 saturated carbocycles. The number of sulfonamides is 1. The number of carbonyl (C=O) groups excluding carboxylic acids is 1. The van der Waals surface area contributed by atoms with E-state index in [1.807, 2.05) is 0 Å². The number of hydrogen-bond acceptors (Lipinski definition) is 3. The van der Waals surface area contributed by atoms with E-state index in [4.69, 9.17) is 0 Å². The Bertz CT molecular complexity index is 755. The van der Waals surface area contributed by atoms with Gasteiger partial charge in [-0.15, -0.1) is 0 Å². The molecule has 8 heteroatoms. The van der Waals surface area contributed by atoms with Crippen molar-refractivity contribution in [2.45, 2.75) is 49.1 Å². The first-order valence-electron chi connectivity index (χ1n) is 8.24. The first-order chi connectivity index (χ1) is 11.8. The molecule has 0 atom stereocenters. The van der Waals surface area contributed by atoms with Crippen LogP contribution in [0.1, 0.15) is 31.2 Å². The van der Waals surface area contributed by atoms with E-state index in [-0.39, 0.29) is 17.0 Å². The quantitative estimate of drug-likeness (QED) is 0.715. The van der Waals surface area contributed by atoms with Gasteiger partial charge in [-0.2, -0.15) is 0 Å². The van der Waals surface area contributed by atoms with Crippen molar-refractivity contribution >= 4 is 22.0 Å². The lowest BCUT2D eigenvalue weighted by atomic mass is 10.2. The van der Waals surface area contributed by atoms with Crippen molar-refractivity contribution in [2.75, 3.05) is 6.54 Å². The molecule has 136 valence electrons. The minimum Gasteiger partial charge on any atom is -0.330 e. The van der Waals surface area contributed by atoms with Gasteiger partial charge in [0.05, 0.1) is 11.4 Å². The number of carbonyl (C=O) groups is 1. The summed E-state index contributed by atoms with van der Waals surface area (Å²) in [5.74, 6) is -0.449. The summed E-state index contributed by atoms with van der Waals surface area (Å²) in [5, 5.41) is 0. The van der Waals surface area contributed by atoms with Crippen LogP contribution in [0.5, 0.6) is 0 Å². The molecule has 3 rings (SSSR count). The average Bonchev–Trinajstić information content (AvgIpc) is 3.44. The van der Waals surface area contributed by atoms with Gasteiger partial charge in [0.15, 0.2) is 0 Å². The molecule has 1 N–H and O–H groups in total. The van der Waals surface area contributed by atoms with Crippen LogP contribution in [0.4, 0.5) is 8.78 Å². The van der Waals surface area contributed by atoms with Crippen molar-refractivity contribution in [3.63, 3.8) is 0 Å². The van der Waals surface area contributed by atoms with E-state index in [9.17, 15) is 22.0 Å². The van der Waals surface area contributed by atoms with Crippen molar-refractivity contribution in [2.24, 2.45) is 0 Å². The third kappa shape index (κ3) is 5.09. The summed E-state index contributed by atoms with van der Waals surface area (Å²) in [6.45, 7) is -0.558. The van der Waals surface area contributed by atoms with Crippen molar-refractivity contribution in [1.82, 2.24) is 9.62 Å². The zero-order valence-electron chi connectivity index (χ0n) is 13.6. The molecule has 0 spiro atoms. The lowest BCUT2D eigenvalue weighted by Crippen LogP contribution is -2.35. The fourth-order valence-electron chi connectivity index (χ4n) is 2.46. The van der Waals surface area contributed by atoms with E-state index in [0.717, 1.165) is 25.7 Å². The molecule has 0 bridgehead atoms. The maximum absolute atomic E-state index is 12.6. The van der Waals surface area contributed by atoms with Gasteiger partial charge < -0.3 is 4.90 Å². The van der Waals surface area contributed by atoms with Crippen molar-refractivity contribution in [1.29, 1.82) is 0 Å². The topological polar surface area (TPSA) is 66.5 Å². The van der Waals surface area contributed by atoms with E-state index in [1.54, 1.807) is 12.1 Å². The molecule has 0 heterocycles. The standard InChI is InChI=1S/C17H20F2N2O3S/c18-16(19)11-21(14-6-7-14)17(22)10-3-12-1-8-15(9-2-12)25(23,24)20-13-4-5-13/h1-3,8-10,13-14,16,20H,4-7,11H2/b10-3+. The van der Waals surface area contributed by atoms with Gasteiger partial charge in [0, 0.05) is 18.2 Å². The zero-order valence-corrected chi connectivity index (χ0v) is 14.4. The highest BCUT2D eigenvalue weighted by Gasteiger charge is 2.33. The first kappa shape index (κ1) is 18.0. The number of nitrogens with one attached hydrogen (secondary N) is 1. The predicted molar refractivity (Wildman–Crippen MR) is 89.6 cm³/mol. The molecule has 0 radical (unpaired) electrons. The summed E-state index contributed by atoms with van der Waals surface area (Å²) < 4.78 is 51.9. The van der Waals surface area contributed by atoms with Gasteiger partial charge in [-0.05, 0) is 49.5 Å². The van der Waals surface area contributed by atoms with Crippen LogP contribution in [0.25, 0.3) is 6.08 Å². The number of halogens is 2. The van der Waals surface area contributed by atoms with Crippen LogP contribution >= 0.6 is 0 Å². The summed E-state index contributed by atoms with van der Waals surface area (Å²) >= 11 is 0. The van der Waals surface area contributed by atoms with Crippen LogP contribution in [-0.2, 0) is 14.8 Å².